The van der Waals surface area contributed by atoms with Gasteiger partial charge in [-0.15, -0.1) is 5.10 Å². The summed E-state index contributed by atoms with van der Waals surface area (Å²) in [5.41, 5.74) is 2.78. The highest BCUT2D eigenvalue weighted by Gasteiger charge is 2.17. The van der Waals surface area contributed by atoms with Crippen LogP contribution >= 0.6 is 11.8 Å². The van der Waals surface area contributed by atoms with Crippen LogP contribution in [0.25, 0.3) is 11.0 Å². The summed E-state index contributed by atoms with van der Waals surface area (Å²) in [4.78, 5) is 30.6. The van der Waals surface area contributed by atoms with Gasteiger partial charge in [0.1, 0.15) is 11.3 Å². The molecule has 10 nitrogen and oxygen atoms in total. The summed E-state index contributed by atoms with van der Waals surface area (Å²) in [5, 5.41) is 19.6. The van der Waals surface area contributed by atoms with Gasteiger partial charge < -0.3 is 9.72 Å². The molecule has 4 aromatic rings. The topological polar surface area (TPSA) is 129 Å². The first kappa shape index (κ1) is 22.5. The minimum Gasteiger partial charge on any atom is -0.493 e. The Balaban J connectivity index is 1.47. The summed E-state index contributed by atoms with van der Waals surface area (Å²) in [6.45, 7) is 4.60. The van der Waals surface area contributed by atoms with Gasteiger partial charge in [-0.05, 0) is 30.2 Å². The number of H-pyrrole nitrogens is 1. The Labute approximate surface area is 193 Å². The molecule has 0 aliphatic carbocycles. The second-order valence-corrected chi connectivity index (χ2v) is 8.65. The lowest BCUT2D eigenvalue weighted by atomic mass is 10.0. The Morgan fingerprint density at radius 3 is 2.67 bits per heavy atom. The number of ether oxygens (including phenoxy) is 1. The highest BCUT2D eigenvalue weighted by Crippen LogP contribution is 2.21. The molecular formula is C22H22N6O4S. The van der Waals surface area contributed by atoms with E-state index in [4.69, 9.17) is 9.72 Å². The molecule has 11 heteroatoms. The number of thioether (sulfide) groups is 1. The molecule has 0 aliphatic heterocycles. The predicted octanol–water partition coefficient (Wildman–Crippen LogP) is 3.77. The lowest BCUT2D eigenvalue weighted by Gasteiger charge is -2.13. The number of nitro benzene ring substituents is 1. The number of nitro groups is 1. The van der Waals surface area contributed by atoms with Crippen molar-refractivity contribution in [3.63, 3.8) is 0 Å². The fourth-order valence-corrected chi connectivity index (χ4v) is 4.13. The zero-order chi connectivity index (χ0) is 23.4. The van der Waals surface area contributed by atoms with Crippen LogP contribution in [0, 0.1) is 10.1 Å². The van der Waals surface area contributed by atoms with Crippen molar-refractivity contribution in [2.75, 3.05) is 12.4 Å². The lowest BCUT2D eigenvalue weighted by molar-refractivity contribution is -0.384. The van der Waals surface area contributed by atoms with E-state index < -0.39 is 4.92 Å². The second kappa shape index (κ2) is 9.82. The van der Waals surface area contributed by atoms with E-state index in [1.807, 2.05) is 38.1 Å². The van der Waals surface area contributed by atoms with Gasteiger partial charge in [0.2, 0.25) is 0 Å². The van der Waals surface area contributed by atoms with Crippen LogP contribution in [0.15, 0.2) is 58.5 Å². The van der Waals surface area contributed by atoms with Gasteiger partial charge in [0, 0.05) is 23.4 Å². The fourth-order valence-electron chi connectivity index (χ4n) is 3.43. The Morgan fingerprint density at radius 1 is 1.18 bits per heavy atom. The van der Waals surface area contributed by atoms with Crippen molar-refractivity contribution in [2.24, 2.45) is 0 Å². The van der Waals surface area contributed by atoms with E-state index in [9.17, 15) is 14.9 Å². The monoisotopic (exact) mass is 466 g/mol. The molecular weight excluding hydrogens is 444 g/mol. The number of para-hydroxylation sites is 1. The molecule has 0 bridgehead atoms. The number of aromatic amines is 1. The maximum absolute atomic E-state index is 12.8. The Morgan fingerprint density at radius 2 is 1.94 bits per heavy atom. The average molecular weight is 467 g/mol. The average Bonchev–Trinajstić information content (AvgIpc) is 3.19. The van der Waals surface area contributed by atoms with Crippen molar-refractivity contribution in [1.82, 2.24) is 25.0 Å². The van der Waals surface area contributed by atoms with Crippen molar-refractivity contribution in [1.29, 1.82) is 0 Å². The molecule has 0 amide bonds. The molecule has 0 saturated heterocycles. The summed E-state index contributed by atoms with van der Waals surface area (Å²) in [5.74, 6) is 1.07. The first-order valence-corrected chi connectivity index (χ1v) is 11.3. The molecule has 0 spiro atoms. The molecule has 2 aromatic carbocycles. The zero-order valence-corrected chi connectivity index (χ0v) is 18.9. The summed E-state index contributed by atoms with van der Waals surface area (Å²) >= 11 is 1.37. The van der Waals surface area contributed by atoms with Crippen LogP contribution in [-0.4, -0.2) is 42.2 Å². The van der Waals surface area contributed by atoms with Crippen LogP contribution in [0.5, 0.6) is 5.75 Å². The van der Waals surface area contributed by atoms with Gasteiger partial charge in [0.05, 0.1) is 29.3 Å². The molecule has 4 rings (SSSR count). The minimum absolute atomic E-state index is 0.00411. The van der Waals surface area contributed by atoms with Gasteiger partial charge in [0.15, 0.2) is 5.16 Å². The summed E-state index contributed by atoms with van der Waals surface area (Å²) in [6, 6.07) is 13.5. The smallest absolute Gasteiger partial charge is 0.269 e. The van der Waals surface area contributed by atoms with Gasteiger partial charge in [-0.3, -0.25) is 14.9 Å². The Kier molecular flexibility index (Phi) is 6.68. The number of hydrogen-bond donors (Lipinski definition) is 1. The standard InChI is InChI=1S/C22H22N6O4S/c1-14(2)20-18(13-27-19-6-4-3-5-17(19)25-26-27)23-22(24-21(20)29)33-12-11-32-16-9-7-15(8-10-16)28(30)31/h3-10,14H,11-13H2,1-2H3,(H,23,24,29). The third-order valence-electron chi connectivity index (χ3n) is 4.95. The molecule has 2 aromatic heterocycles. The van der Waals surface area contributed by atoms with Gasteiger partial charge in [-0.2, -0.15) is 0 Å². The molecule has 1 N–H and O–H groups in total. The van der Waals surface area contributed by atoms with Gasteiger partial charge >= 0.3 is 0 Å². The molecule has 0 saturated carbocycles. The number of fused-ring (bicyclic) bond motifs is 1. The minimum atomic E-state index is -0.456. The van der Waals surface area contributed by atoms with Crippen LogP contribution < -0.4 is 10.3 Å². The van der Waals surface area contributed by atoms with E-state index in [0.717, 1.165) is 11.0 Å². The highest BCUT2D eigenvalue weighted by molar-refractivity contribution is 7.99. The molecule has 170 valence electrons. The summed E-state index contributed by atoms with van der Waals surface area (Å²) in [7, 11) is 0. The van der Waals surface area contributed by atoms with Crippen molar-refractivity contribution in [3.05, 3.63) is 80.3 Å². The van der Waals surface area contributed by atoms with E-state index in [2.05, 4.69) is 15.3 Å². The first-order valence-electron chi connectivity index (χ1n) is 10.3. The normalized spacial score (nSPS) is 11.2. The number of rotatable bonds is 9. The van der Waals surface area contributed by atoms with Crippen LogP contribution in [0.3, 0.4) is 0 Å². The zero-order valence-electron chi connectivity index (χ0n) is 18.1. The molecule has 2 heterocycles. The molecule has 0 aliphatic rings. The quantitative estimate of drug-likeness (QED) is 0.130. The maximum atomic E-state index is 12.8. The lowest BCUT2D eigenvalue weighted by Crippen LogP contribution is -2.22. The predicted molar refractivity (Wildman–Crippen MR) is 125 cm³/mol. The molecule has 0 radical (unpaired) electrons. The van der Waals surface area contributed by atoms with E-state index in [0.29, 0.717) is 41.1 Å². The van der Waals surface area contributed by atoms with Gasteiger partial charge in [-0.1, -0.05) is 43.0 Å². The fraction of sp³-hybridized carbons (Fsp3) is 0.273. The Bertz CT molecular complexity index is 1330. The van der Waals surface area contributed by atoms with E-state index >= 15 is 0 Å². The van der Waals surface area contributed by atoms with Crippen molar-refractivity contribution in [3.8, 4) is 5.75 Å². The molecule has 0 fully saturated rings. The summed E-state index contributed by atoms with van der Waals surface area (Å²) < 4.78 is 7.38. The van der Waals surface area contributed by atoms with Crippen LogP contribution in [-0.2, 0) is 6.54 Å². The number of hydrogen-bond acceptors (Lipinski definition) is 8. The highest BCUT2D eigenvalue weighted by atomic mass is 32.2. The van der Waals surface area contributed by atoms with Gasteiger partial charge in [-0.25, -0.2) is 9.67 Å². The van der Waals surface area contributed by atoms with Crippen LogP contribution in [0.1, 0.15) is 31.0 Å². The van der Waals surface area contributed by atoms with Crippen molar-refractivity contribution < 1.29 is 9.66 Å². The van der Waals surface area contributed by atoms with E-state index in [1.54, 1.807) is 16.8 Å². The second-order valence-electron chi connectivity index (χ2n) is 7.57. The van der Waals surface area contributed by atoms with Crippen LogP contribution in [0.2, 0.25) is 0 Å². The third kappa shape index (κ3) is 5.20. The van der Waals surface area contributed by atoms with Crippen LogP contribution in [0.4, 0.5) is 5.69 Å². The van der Waals surface area contributed by atoms with Crippen molar-refractivity contribution >= 4 is 28.5 Å². The number of nitrogens with one attached hydrogen (secondary N) is 1. The van der Waals surface area contributed by atoms with E-state index in [1.165, 1.54) is 23.9 Å². The number of nitrogens with zero attached hydrogens (tertiary/aromatic N) is 5. The number of benzene rings is 2. The first-order chi connectivity index (χ1) is 15.9. The SMILES string of the molecule is CC(C)c1c(Cn2nnc3ccccc32)nc(SCCOc2ccc([N+](=O)[O-])cc2)[nH]c1=O. The summed E-state index contributed by atoms with van der Waals surface area (Å²) in [6.07, 6.45) is 0. The molecule has 0 atom stereocenters. The largest absolute Gasteiger partial charge is 0.493 e. The third-order valence-corrected chi connectivity index (χ3v) is 5.79. The Hall–Kier alpha value is -3.73. The van der Waals surface area contributed by atoms with E-state index in [-0.39, 0.29) is 17.2 Å². The number of aromatic nitrogens is 5. The maximum Gasteiger partial charge on any atom is 0.269 e. The molecule has 33 heavy (non-hydrogen) atoms. The molecule has 0 unspecified atom stereocenters. The van der Waals surface area contributed by atoms with Gasteiger partial charge in [0.25, 0.3) is 11.2 Å². The number of non-ortho nitro benzene ring substituents is 1. The van der Waals surface area contributed by atoms with Crippen molar-refractivity contribution in [2.45, 2.75) is 31.5 Å².